The summed E-state index contributed by atoms with van der Waals surface area (Å²) in [6.45, 7) is 1.73. The molecule has 6 nitrogen and oxygen atoms in total. The lowest BCUT2D eigenvalue weighted by Gasteiger charge is -2.02. The second-order valence-corrected chi connectivity index (χ2v) is 3.32. The maximum Gasteiger partial charge on any atom is 0.295 e. The highest BCUT2D eigenvalue weighted by Gasteiger charge is 2.10. The van der Waals surface area contributed by atoms with Gasteiger partial charge in [-0.2, -0.15) is 0 Å². The molecule has 0 unspecified atom stereocenters. The number of H-pyrrole nitrogens is 1. The fourth-order valence-corrected chi connectivity index (χ4v) is 1.25. The number of nitrogens with zero attached hydrogens (tertiary/aromatic N) is 2. The Balaban J connectivity index is 2.13. The molecule has 16 heavy (non-hydrogen) atoms. The van der Waals surface area contributed by atoms with Crippen LogP contribution in [0.4, 0.5) is 11.4 Å². The van der Waals surface area contributed by atoms with Crippen LogP contribution in [0, 0.1) is 6.92 Å². The predicted molar refractivity (Wildman–Crippen MR) is 59.9 cm³/mol. The van der Waals surface area contributed by atoms with E-state index in [9.17, 15) is 4.79 Å². The van der Waals surface area contributed by atoms with E-state index in [0.29, 0.717) is 17.2 Å². The van der Waals surface area contributed by atoms with Gasteiger partial charge in [0.2, 0.25) is 5.82 Å². The number of benzene rings is 1. The number of hydrogen-bond donors (Lipinski definition) is 3. The number of nitrogens with two attached hydrogens (primary N) is 1. The van der Waals surface area contributed by atoms with Crippen molar-refractivity contribution in [2.75, 3.05) is 11.1 Å². The number of aromatic nitrogens is 3. The highest BCUT2D eigenvalue weighted by Crippen LogP contribution is 2.12. The molecule has 1 aromatic carbocycles. The van der Waals surface area contributed by atoms with Gasteiger partial charge in [0, 0.05) is 11.4 Å². The van der Waals surface area contributed by atoms with E-state index >= 15 is 0 Å². The second-order valence-electron chi connectivity index (χ2n) is 3.32. The number of aryl methyl sites for hydroxylation is 1. The molecule has 82 valence electrons. The van der Waals surface area contributed by atoms with Gasteiger partial charge in [-0.05, 0) is 25.1 Å². The van der Waals surface area contributed by atoms with Crippen LogP contribution in [0.15, 0.2) is 24.3 Å². The number of aromatic amines is 1. The fraction of sp³-hybridized carbons (Fsp3) is 0.100. The van der Waals surface area contributed by atoms with Crippen molar-refractivity contribution in [2.45, 2.75) is 6.92 Å². The third-order valence-electron chi connectivity index (χ3n) is 1.94. The average molecular weight is 217 g/mol. The summed E-state index contributed by atoms with van der Waals surface area (Å²) >= 11 is 0. The van der Waals surface area contributed by atoms with Crippen LogP contribution in [-0.4, -0.2) is 21.1 Å². The Morgan fingerprint density at radius 3 is 2.94 bits per heavy atom. The van der Waals surface area contributed by atoms with Gasteiger partial charge < -0.3 is 11.1 Å². The van der Waals surface area contributed by atoms with Crippen LogP contribution >= 0.6 is 0 Å². The van der Waals surface area contributed by atoms with Crippen LogP contribution in [0.3, 0.4) is 0 Å². The van der Waals surface area contributed by atoms with Gasteiger partial charge >= 0.3 is 0 Å². The van der Waals surface area contributed by atoms with Crippen molar-refractivity contribution >= 4 is 17.3 Å². The molecule has 1 aromatic heterocycles. The summed E-state index contributed by atoms with van der Waals surface area (Å²) in [6.07, 6.45) is 0. The number of nitrogen functional groups attached to an aromatic ring is 1. The van der Waals surface area contributed by atoms with Crippen molar-refractivity contribution in [1.82, 2.24) is 15.2 Å². The zero-order chi connectivity index (χ0) is 11.5. The van der Waals surface area contributed by atoms with Crippen LogP contribution in [0.25, 0.3) is 0 Å². The molecule has 0 radical (unpaired) electrons. The number of anilines is 2. The minimum atomic E-state index is -0.366. The summed E-state index contributed by atoms with van der Waals surface area (Å²) < 4.78 is 0. The second kappa shape index (κ2) is 4.01. The monoisotopic (exact) mass is 217 g/mol. The molecule has 2 aromatic rings. The van der Waals surface area contributed by atoms with Crippen LogP contribution in [0.1, 0.15) is 16.4 Å². The topological polar surface area (TPSA) is 96.7 Å². The first-order chi connectivity index (χ1) is 7.65. The Bertz CT molecular complexity index is 519. The molecule has 1 amide bonds. The summed E-state index contributed by atoms with van der Waals surface area (Å²) in [5.41, 5.74) is 6.79. The standard InChI is InChI=1S/C10H11N5O/c1-6-12-9(15-14-6)10(16)13-8-4-2-3-7(11)5-8/h2-5H,11H2,1H3,(H,13,16)(H,12,14,15). The van der Waals surface area contributed by atoms with Gasteiger partial charge in [-0.25, -0.2) is 4.98 Å². The van der Waals surface area contributed by atoms with E-state index in [0.717, 1.165) is 0 Å². The minimum Gasteiger partial charge on any atom is -0.399 e. The third-order valence-corrected chi connectivity index (χ3v) is 1.94. The number of hydrogen-bond acceptors (Lipinski definition) is 4. The van der Waals surface area contributed by atoms with Crippen LogP contribution in [0.5, 0.6) is 0 Å². The van der Waals surface area contributed by atoms with E-state index in [1.54, 1.807) is 31.2 Å². The maximum absolute atomic E-state index is 11.6. The first-order valence-electron chi connectivity index (χ1n) is 4.71. The van der Waals surface area contributed by atoms with E-state index in [2.05, 4.69) is 20.5 Å². The molecule has 0 spiro atoms. The molecular formula is C10H11N5O. The summed E-state index contributed by atoms with van der Waals surface area (Å²) in [6, 6.07) is 6.91. The third kappa shape index (κ3) is 2.17. The fourth-order valence-electron chi connectivity index (χ4n) is 1.25. The normalized spacial score (nSPS) is 10.1. The predicted octanol–water partition coefficient (Wildman–Crippen LogP) is 0.948. The molecule has 4 N–H and O–H groups in total. The highest BCUT2D eigenvalue weighted by atomic mass is 16.2. The van der Waals surface area contributed by atoms with E-state index in [1.807, 2.05) is 0 Å². The summed E-state index contributed by atoms with van der Waals surface area (Å²) in [7, 11) is 0. The molecule has 0 atom stereocenters. The van der Waals surface area contributed by atoms with Crippen molar-refractivity contribution in [2.24, 2.45) is 0 Å². The largest absolute Gasteiger partial charge is 0.399 e. The summed E-state index contributed by atoms with van der Waals surface area (Å²) in [4.78, 5) is 15.6. The lowest BCUT2D eigenvalue weighted by atomic mass is 10.3. The van der Waals surface area contributed by atoms with E-state index < -0.39 is 0 Å². The Hall–Kier alpha value is -2.37. The van der Waals surface area contributed by atoms with Gasteiger partial charge in [-0.15, -0.1) is 5.10 Å². The molecule has 0 aliphatic carbocycles. The van der Waals surface area contributed by atoms with Crippen molar-refractivity contribution in [1.29, 1.82) is 0 Å². The zero-order valence-corrected chi connectivity index (χ0v) is 8.69. The van der Waals surface area contributed by atoms with Gasteiger partial charge in [0.25, 0.3) is 5.91 Å². The van der Waals surface area contributed by atoms with Crippen molar-refractivity contribution < 1.29 is 4.79 Å². The number of carbonyl (C=O) groups is 1. The van der Waals surface area contributed by atoms with Gasteiger partial charge in [0.05, 0.1) is 0 Å². The summed E-state index contributed by atoms with van der Waals surface area (Å²) in [5, 5.41) is 9.00. The number of rotatable bonds is 2. The molecule has 0 aliphatic heterocycles. The molecular weight excluding hydrogens is 206 g/mol. The quantitative estimate of drug-likeness (QED) is 0.652. The van der Waals surface area contributed by atoms with Crippen molar-refractivity contribution in [3.8, 4) is 0 Å². The smallest absolute Gasteiger partial charge is 0.295 e. The molecule has 6 heteroatoms. The van der Waals surface area contributed by atoms with Crippen molar-refractivity contribution in [3.63, 3.8) is 0 Å². The highest BCUT2D eigenvalue weighted by molar-refractivity contribution is 6.01. The molecule has 0 fully saturated rings. The number of carbonyl (C=O) groups excluding carboxylic acids is 1. The van der Waals surface area contributed by atoms with Gasteiger partial charge in [0.15, 0.2) is 0 Å². The average Bonchev–Trinajstić information content (AvgIpc) is 2.65. The van der Waals surface area contributed by atoms with Crippen LogP contribution in [-0.2, 0) is 0 Å². The molecule has 2 rings (SSSR count). The SMILES string of the molecule is Cc1nc(C(=O)Nc2cccc(N)c2)n[nH]1. The Morgan fingerprint density at radius 1 is 1.50 bits per heavy atom. The lowest BCUT2D eigenvalue weighted by Crippen LogP contribution is -2.13. The van der Waals surface area contributed by atoms with E-state index in [-0.39, 0.29) is 11.7 Å². The molecule has 0 saturated heterocycles. The number of amides is 1. The Labute approximate surface area is 91.9 Å². The van der Waals surface area contributed by atoms with E-state index in [4.69, 9.17) is 5.73 Å². The first kappa shape index (κ1) is 10.2. The van der Waals surface area contributed by atoms with Crippen molar-refractivity contribution in [3.05, 3.63) is 35.9 Å². The van der Waals surface area contributed by atoms with Gasteiger partial charge in [-0.1, -0.05) is 6.07 Å². The Morgan fingerprint density at radius 2 is 2.31 bits per heavy atom. The summed E-state index contributed by atoms with van der Waals surface area (Å²) in [5.74, 6) is 0.340. The van der Waals surface area contributed by atoms with E-state index in [1.165, 1.54) is 0 Å². The lowest BCUT2D eigenvalue weighted by molar-refractivity contribution is 0.101. The first-order valence-corrected chi connectivity index (χ1v) is 4.71. The van der Waals surface area contributed by atoms with Gasteiger partial charge in [0.1, 0.15) is 5.82 Å². The molecule has 1 heterocycles. The van der Waals surface area contributed by atoms with Crippen LogP contribution in [0.2, 0.25) is 0 Å². The molecule has 0 bridgehead atoms. The zero-order valence-electron chi connectivity index (χ0n) is 8.69. The minimum absolute atomic E-state index is 0.111. The number of nitrogens with one attached hydrogen (secondary N) is 2. The van der Waals surface area contributed by atoms with Gasteiger partial charge in [-0.3, -0.25) is 9.89 Å². The maximum atomic E-state index is 11.6. The molecule has 0 aliphatic rings. The Kier molecular flexibility index (Phi) is 2.55. The van der Waals surface area contributed by atoms with Crippen LogP contribution < -0.4 is 11.1 Å². The molecule has 0 saturated carbocycles.